The Labute approximate surface area is 272 Å². The van der Waals surface area contributed by atoms with Gasteiger partial charge in [0.15, 0.2) is 11.5 Å². The van der Waals surface area contributed by atoms with Crippen LogP contribution in [0, 0.1) is 5.92 Å². The van der Waals surface area contributed by atoms with Crippen LogP contribution in [0.2, 0.25) is 5.02 Å². The third-order valence-corrected chi connectivity index (χ3v) is 10.5. The molecule has 3 atom stereocenters. The van der Waals surface area contributed by atoms with Crippen LogP contribution in [0.5, 0.6) is 11.5 Å². The van der Waals surface area contributed by atoms with E-state index in [4.69, 9.17) is 21.1 Å². The number of thioether (sulfide) groups is 1. The summed E-state index contributed by atoms with van der Waals surface area (Å²) in [5.74, 6) is -3.17. The highest BCUT2D eigenvalue weighted by molar-refractivity contribution is 8.00. The Morgan fingerprint density at radius 3 is 2.35 bits per heavy atom. The summed E-state index contributed by atoms with van der Waals surface area (Å²) in [6, 6.07) is 15.3. The number of amides is 3. The molecule has 0 aliphatic carbocycles. The smallest absolute Gasteiger partial charge is 0.416 e. The van der Waals surface area contributed by atoms with Gasteiger partial charge in [-0.05, 0) is 60.2 Å². The lowest BCUT2D eigenvalue weighted by molar-refractivity contribution is -0.137. The van der Waals surface area contributed by atoms with Gasteiger partial charge in [-0.15, -0.1) is 0 Å². The van der Waals surface area contributed by atoms with Crippen molar-refractivity contribution in [1.82, 2.24) is 4.57 Å². The molecule has 1 fully saturated rings. The number of hydrogen-bond acceptors (Lipinski definition) is 8. The second-order valence-corrected chi connectivity index (χ2v) is 13.0. The summed E-state index contributed by atoms with van der Waals surface area (Å²) in [5.41, 5.74) is -0.255. The summed E-state index contributed by atoms with van der Waals surface area (Å²) in [5, 5.41) is 2.39. The van der Waals surface area contributed by atoms with Crippen molar-refractivity contribution in [3.8, 4) is 11.5 Å². The molecule has 9 nitrogen and oxygen atoms in total. The molecule has 15 heteroatoms. The number of benzene rings is 3. The molecule has 1 saturated heterocycles. The predicted molar refractivity (Wildman–Crippen MR) is 167 cm³/mol. The van der Waals surface area contributed by atoms with Gasteiger partial charge in [-0.3, -0.25) is 23.7 Å². The van der Waals surface area contributed by atoms with E-state index in [0.29, 0.717) is 37.7 Å². The van der Waals surface area contributed by atoms with Crippen LogP contribution in [0.15, 0.2) is 76.6 Å². The Balaban J connectivity index is 1.44. The number of methoxy groups -OCH3 is 2. The van der Waals surface area contributed by atoms with E-state index in [2.05, 4.69) is 5.32 Å². The number of aromatic nitrogens is 1. The van der Waals surface area contributed by atoms with Crippen LogP contribution in [0.3, 0.4) is 0 Å². The number of halogens is 4. The molecule has 0 bridgehead atoms. The van der Waals surface area contributed by atoms with Crippen LogP contribution in [-0.2, 0) is 27.1 Å². The van der Waals surface area contributed by atoms with Crippen LogP contribution >= 0.6 is 34.7 Å². The number of thiazole rings is 1. The zero-order valence-corrected chi connectivity index (χ0v) is 26.4. The number of nitrogens with zero attached hydrogens (tertiary/aromatic N) is 2. The Bertz CT molecular complexity index is 1930. The van der Waals surface area contributed by atoms with E-state index in [9.17, 15) is 32.3 Å². The summed E-state index contributed by atoms with van der Waals surface area (Å²) < 4.78 is 52.7. The number of anilines is 2. The van der Waals surface area contributed by atoms with Crippen LogP contribution in [-0.4, -0.2) is 41.8 Å². The summed E-state index contributed by atoms with van der Waals surface area (Å²) in [4.78, 5) is 55.1. The number of carbonyl (C=O) groups is 3. The van der Waals surface area contributed by atoms with Crippen molar-refractivity contribution in [2.24, 2.45) is 5.92 Å². The monoisotopic (exact) mass is 689 g/mol. The lowest BCUT2D eigenvalue weighted by atomic mass is 9.83. The van der Waals surface area contributed by atoms with Gasteiger partial charge < -0.3 is 14.8 Å². The standard InChI is InChI=1S/C31H23ClF3N3O6S2/c1-43-20-11-6-15(12-21(20)44-2)23-24-25(28(41)38(27(24)40)19-5-3-4-16(13-19)31(33,34)35)45-29-26(23)46-30(42)37(29)14-22(39)36-18-9-7-17(32)8-10-18/h3-13,23-25H,14H2,1-2H3,(H,36,39)/t23-,24+,25-/m0/s1. The average Bonchev–Trinajstić information content (AvgIpc) is 3.47. The third kappa shape index (κ3) is 5.65. The maximum Gasteiger partial charge on any atom is 0.416 e. The molecule has 3 amide bonds. The van der Waals surface area contributed by atoms with Gasteiger partial charge in [-0.25, -0.2) is 4.90 Å². The first-order valence-electron chi connectivity index (χ1n) is 13.6. The number of nitrogens with one attached hydrogen (secondary N) is 1. The van der Waals surface area contributed by atoms with E-state index < -0.39 is 58.0 Å². The van der Waals surface area contributed by atoms with Crippen LogP contribution in [0.25, 0.3) is 0 Å². The first-order valence-corrected chi connectivity index (χ1v) is 15.7. The SMILES string of the molecule is COc1ccc([C@@H]2c3sc(=O)n(CC(=O)Nc4ccc(Cl)cc4)c3S[C@@H]3C(=O)N(c4cccc(C(F)(F)F)c4)C(=O)[C@H]23)cc1OC. The van der Waals surface area contributed by atoms with Gasteiger partial charge in [0, 0.05) is 21.5 Å². The number of rotatable bonds is 7. The van der Waals surface area contributed by atoms with Crippen molar-refractivity contribution in [2.45, 2.75) is 28.9 Å². The minimum atomic E-state index is -4.70. The fraction of sp³-hybridized carbons (Fsp3) is 0.226. The normalized spacial score (nSPS) is 19.1. The van der Waals surface area contributed by atoms with Crippen molar-refractivity contribution in [3.63, 3.8) is 0 Å². The Morgan fingerprint density at radius 2 is 1.67 bits per heavy atom. The molecule has 2 aliphatic rings. The molecule has 0 radical (unpaired) electrons. The van der Waals surface area contributed by atoms with Gasteiger partial charge in [-0.1, -0.05) is 46.8 Å². The van der Waals surface area contributed by atoms with E-state index >= 15 is 0 Å². The molecule has 3 aromatic carbocycles. The average molecular weight is 690 g/mol. The molecule has 0 spiro atoms. The molecule has 3 heterocycles. The summed E-state index contributed by atoms with van der Waals surface area (Å²) in [6.45, 7) is -0.393. The first kappa shape index (κ1) is 31.7. The van der Waals surface area contributed by atoms with Crippen molar-refractivity contribution < 1.29 is 37.0 Å². The van der Waals surface area contributed by atoms with E-state index in [1.807, 2.05) is 0 Å². The minimum Gasteiger partial charge on any atom is -0.493 e. The molecule has 1 aromatic heterocycles. The zero-order chi connectivity index (χ0) is 32.9. The van der Waals surface area contributed by atoms with E-state index in [1.165, 1.54) is 24.9 Å². The number of imide groups is 1. The summed E-state index contributed by atoms with van der Waals surface area (Å²) in [7, 11) is 2.89. The molecule has 238 valence electrons. The zero-order valence-electron chi connectivity index (χ0n) is 24.0. The van der Waals surface area contributed by atoms with Gasteiger partial charge in [0.2, 0.25) is 17.7 Å². The largest absolute Gasteiger partial charge is 0.493 e. The van der Waals surface area contributed by atoms with Gasteiger partial charge in [0.25, 0.3) is 0 Å². The van der Waals surface area contributed by atoms with Crippen molar-refractivity contribution in [2.75, 3.05) is 24.4 Å². The Kier molecular flexibility index (Phi) is 8.38. The molecule has 46 heavy (non-hydrogen) atoms. The third-order valence-electron chi connectivity index (χ3n) is 7.68. The highest BCUT2D eigenvalue weighted by Crippen LogP contribution is 2.54. The topological polar surface area (TPSA) is 107 Å². The van der Waals surface area contributed by atoms with Crippen molar-refractivity contribution >= 4 is 63.8 Å². The lowest BCUT2D eigenvalue weighted by Crippen LogP contribution is -2.33. The van der Waals surface area contributed by atoms with Crippen molar-refractivity contribution in [3.05, 3.63) is 97.4 Å². The predicted octanol–water partition coefficient (Wildman–Crippen LogP) is 6.03. The van der Waals surface area contributed by atoms with Crippen molar-refractivity contribution in [1.29, 1.82) is 0 Å². The molecule has 0 saturated carbocycles. The summed E-state index contributed by atoms with van der Waals surface area (Å²) >= 11 is 7.71. The molecular formula is C31H23ClF3N3O6S2. The fourth-order valence-electron chi connectivity index (χ4n) is 5.61. The Morgan fingerprint density at radius 1 is 0.957 bits per heavy atom. The maximum absolute atomic E-state index is 14.1. The van der Waals surface area contributed by atoms with Crippen LogP contribution < -0.4 is 24.6 Å². The first-order chi connectivity index (χ1) is 21.9. The van der Waals surface area contributed by atoms with Crippen LogP contribution in [0.4, 0.5) is 24.5 Å². The van der Waals surface area contributed by atoms with Crippen LogP contribution in [0.1, 0.15) is 21.9 Å². The molecule has 1 N–H and O–H groups in total. The number of hydrogen-bond donors (Lipinski definition) is 1. The molecule has 4 aromatic rings. The minimum absolute atomic E-state index is 0.214. The highest BCUT2D eigenvalue weighted by atomic mass is 35.5. The second-order valence-electron chi connectivity index (χ2n) is 10.4. The van der Waals surface area contributed by atoms with E-state index in [1.54, 1.807) is 42.5 Å². The molecule has 0 unspecified atom stereocenters. The molecule has 6 rings (SSSR count). The number of fused-ring (bicyclic) bond motifs is 2. The van der Waals surface area contributed by atoms with Gasteiger partial charge in [0.05, 0.1) is 36.4 Å². The van der Waals surface area contributed by atoms with Gasteiger partial charge in [0.1, 0.15) is 11.8 Å². The number of ether oxygens (including phenoxy) is 2. The van der Waals surface area contributed by atoms with Gasteiger partial charge >= 0.3 is 11.0 Å². The lowest BCUT2D eigenvalue weighted by Gasteiger charge is -2.31. The van der Waals surface area contributed by atoms with E-state index in [0.717, 1.165) is 46.2 Å². The second kappa shape index (κ2) is 12.2. The molecule has 2 aliphatic heterocycles. The van der Waals surface area contributed by atoms with E-state index in [-0.39, 0.29) is 5.69 Å². The number of carbonyl (C=O) groups excluding carboxylic acids is 3. The Hall–Kier alpha value is -4.27. The fourth-order valence-corrected chi connectivity index (χ4v) is 8.51. The summed E-state index contributed by atoms with van der Waals surface area (Å²) in [6.07, 6.45) is -4.70. The molecular weight excluding hydrogens is 667 g/mol. The van der Waals surface area contributed by atoms with Gasteiger partial charge in [-0.2, -0.15) is 13.2 Å². The quantitative estimate of drug-likeness (QED) is 0.236. The maximum atomic E-state index is 14.1. The highest BCUT2D eigenvalue weighted by Gasteiger charge is 2.57. The number of alkyl halides is 3.